The molecule has 102 valence electrons. The van der Waals surface area contributed by atoms with Crippen molar-refractivity contribution in [2.75, 3.05) is 11.1 Å². The molecular formula is C14H16N6. The van der Waals surface area contributed by atoms with Crippen LogP contribution in [0, 0.1) is 6.92 Å². The smallest absolute Gasteiger partial charge is 0.224 e. The van der Waals surface area contributed by atoms with Crippen LogP contribution in [-0.2, 0) is 0 Å². The van der Waals surface area contributed by atoms with Crippen LogP contribution in [0.15, 0.2) is 30.6 Å². The first kappa shape index (κ1) is 12.4. The third-order valence-corrected chi connectivity index (χ3v) is 3.23. The molecule has 1 aromatic carbocycles. The quantitative estimate of drug-likeness (QED) is 0.678. The van der Waals surface area contributed by atoms with Gasteiger partial charge in [-0.25, -0.2) is 4.98 Å². The number of aromatic amines is 1. The summed E-state index contributed by atoms with van der Waals surface area (Å²) in [6.45, 7) is 4.15. The first-order chi connectivity index (χ1) is 9.63. The van der Waals surface area contributed by atoms with Crippen LogP contribution in [0.1, 0.15) is 24.1 Å². The molecule has 0 amide bonds. The van der Waals surface area contributed by atoms with Gasteiger partial charge in [0.2, 0.25) is 5.95 Å². The number of aryl methyl sites for hydroxylation is 1. The van der Waals surface area contributed by atoms with Crippen LogP contribution in [0.5, 0.6) is 0 Å². The van der Waals surface area contributed by atoms with Gasteiger partial charge in [-0.2, -0.15) is 9.97 Å². The number of rotatable bonds is 3. The number of benzene rings is 1. The van der Waals surface area contributed by atoms with Gasteiger partial charge < -0.3 is 16.0 Å². The van der Waals surface area contributed by atoms with E-state index in [-0.39, 0.29) is 12.0 Å². The van der Waals surface area contributed by atoms with Crippen molar-refractivity contribution in [3.8, 4) is 0 Å². The highest BCUT2D eigenvalue weighted by Crippen LogP contribution is 2.23. The molecule has 0 saturated carbocycles. The first-order valence-electron chi connectivity index (χ1n) is 6.43. The minimum absolute atomic E-state index is 0.108. The van der Waals surface area contributed by atoms with E-state index in [1.165, 1.54) is 11.1 Å². The third-order valence-electron chi connectivity index (χ3n) is 3.23. The predicted octanol–water partition coefficient (Wildman–Crippen LogP) is 2.42. The maximum absolute atomic E-state index is 5.70. The molecule has 0 spiro atoms. The second-order valence-corrected chi connectivity index (χ2v) is 4.81. The van der Waals surface area contributed by atoms with Crippen molar-refractivity contribution in [3.05, 3.63) is 41.7 Å². The van der Waals surface area contributed by atoms with E-state index in [1.54, 1.807) is 6.33 Å². The lowest BCUT2D eigenvalue weighted by Crippen LogP contribution is -2.10. The van der Waals surface area contributed by atoms with E-state index in [1.807, 2.05) is 0 Å². The zero-order chi connectivity index (χ0) is 14.1. The molecule has 3 aromatic rings. The predicted molar refractivity (Wildman–Crippen MR) is 79.3 cm³/mol. The Bertz CT molecular complexity index is 731. The Labute approximate surface area is 116 Å². The summed E-state index contributed by atoms with van der Waals surface area (Å²) >= 11 is 0. The molecule has 6 heteroatoms. The van der Waals surface area contributed by atoms with Gasteiger partial charge in [0.05, 0.1) is 12.4 Å². The van der Waals surface area contributed by atoms with Crippen LogP contribution in [-0.4, -0.2) is 19.9 Å². The SMILES string of the molecule is Cc1ccc(C(C)Nc2nc(N)nc3nc[nH]c23)cc1. The highest BCUT2D eigenvalue weighted by atomic mass is 15.1. The highest BCUT2D eigenvalue weighted by Gasteiger charge is 2.12. The zero-order valence-electron chi connectivity index (χ0n) is 11.4. The molecule has 3 rings (SSSR count). The Hall–Kier alpha value is -2.63. The summed E-state index contributed by atoms with van der Waals surface area (Å²) < 4.78 is 0. The van der Waals surface area contributed by atoms with Gasteiger partial charge in [0.1, 0.15) is 5.52 Å². The summed E-state index contributed by atoms with van der Waals surface area (Å²) in [5.74, 6) is 0.876. The number of H-pyrrole nitrogens is 1. The van der Waals surface area contributed by atoms with Crippen molar-refractivity contribution >= 4 is 22.9 Å². The van der Waals surface area contributed by atoms with E-state index < -0.39 is 0 Å². The molecule has 6 nitrogen and oxygen atoms in total. The molecule has 0 bridgehead atoms. The highest BCUT2D eigenvalue weighted by molar-refractivity contribution is 5.83. The minimum atomic E-state index is 0.108. The molecule has 1 unspecified atom stereocenters. The van der Waals surface area contributed by atoms with Gasteiger partial charge in [-0.3, -0.25) is 0 Å². The molecule has 0 fully saturated rings. The molecule has 2 aromatic heterocycles. The second-order valence-electron chi connectivity index (χ2n) is 4.81. The second kappa shape index (κ2) is 4.80. The lowest BCUT2D eigenvalue weighted by molar-refractivity contribution is 0.875. The van der Waals surface area contributed by atoms with E-state index in [2.05, 4.69) is 63.4 Å². The van der Waals surface area contributed by atoms with Gasteiger partial charge in [0.25, 0.3) is 0 Å². The van der Waals surface area contributed by atoms with Gasteiger partial charge >= 0.3 is 0 Å². The number of hydrogen-bond donors (Lipinski definition) is 3. The average Bonchev–Trinajstić information content (AvgIpc) is 2.87. The maximum Gasteiger partial charge on any atom is 0.224 e. The van der Waals surface area contributed by atoms with Crippen molar-refractivity contribution in [1.29, 1.82) is 0 Å². The van der Waals surface area contributed by atoms with E-state index in [9.17, 15) is 0 Å². The lowest BCUT2D eigenvalue weighted by atomic mass is 10.1. The Kier molecular flexibility index (Phi) is 2.98. The van der Waals surface area contributed by atoms with Crippen LogP contribution >= 0.6 is 0 Å². The fourth-order valence-corrected chi connectivity index (χ4v) is 2.10. The molecule has 0 radical (unpaired) electrons. The normalized spacial score (nSPS) is 12.5. The van der Waals surface area contributed by atoms with Crippen LogP contribution in [0.4, 0.5) is 11.8 Å². The summed E-state index contributed by atoms with van der Waals surface area (Å²) in [5, 5.41) is 3.35. The molecular weight excluding hydrogens is 252 g/mol. The largest absolute Gasteiger partial charge is 0.368 e. The van der Waals surface area contributed by atoms with Crippen molar-refractivity contribution in [1.82, 2.24) is 19.9 Å². The summed E-state index contributed by atoms with van der Waals surface area (Å²) in [5.41, 5.74) is 9.45. The van der Waals surface area contributed by atoms with E-state index in [4.69, 9.17) is 5.73 Å². The van der Waals surface area contributed by atoms with E-state index >= 15 is 0 Å². The Morgan fingerprint density at radius 2 is 1.95 bits per heavy atom. The fourth-order valence-electron chi connectivity index (χ4n) is 2.10. The summed E-state index contributed by atoms with van der Waals surface area (Å²) in [6.07, 6.45) is 1.58. The molecule has 0 aliphatic carbocycles. The molecule has 1 atom stereocenters. The third kappa shape index (κ3) is 2.27. The molecule has 2 heterocycles. The number of aromatic nitrogens is 4. The molecule has 4 N–H and O–H groups in total. The molecule has 0 aliphatic heterocycles. The van der Waals surface area contributed by atoms with Gasteiger partial charge in [0, 0.05) is 0 Å². The zero-order valence-corrected chi connectivity index (χ0v) is 11.4. The molecule has 20 heavy (non-hydrogen) atoms. The monoisotopic (exact) mass is 268 g/mol. The van der Waals surface area contributed by atoms with Gasteiger partial charge in [-0.15, -0.1) is 0 Å². The van der Waals surface area contributed by atoms with Crippen LogP contribution in [0.2, 0.25) is 0 Å². The van der Waals surface area contributed by atoms with Crippen molar-refractivity contribution in [2.24, 2.45) is 0 Å². The summed E-state index contributed by atoms with van der Waals surface area (Å²) in [6, 6.07) is 8.49. The number of nitrogens with one attached hydrogen (secondary N) is 2. The number of imidazole rings is 1. The van der Waals surface area contributed by atoms with Gasteiger partial charge in [-0.05, 0) is 19.4 Å². The Balaban J connectivity index is 1.92. The first-order valence-corrected chi connectivity index (χ1v) is 6.43. The summed E-state index contributed by atoms with van der Waals surface area (Å²) in [7, 11) is 0. The Morgan fingerprint density at radius 3 is 2.70 bits per heavy atom. The van der Waals surface area contributed by atoms with Gasteiger partial charge in [0.15, 0.2) is 11.5 Å². The van der Waals surface area contributed by atoms with Crippen LogP contribution in [0.25, 0.3) is 11.2 Å². The maximum atomic E-state index is 5.70. The van der Waals surface area contributed by atoms with Crippen molar-refractivity contribution in [2.45, 2.75) is 19.9 Å². The number of nitrogen functional groups attached to an aromatic ring is 1. The van der Waals surface area contributed by atoms with Crippen LogP contribution in [0.3, 0.4) is 0 Å². The lowest BCUT2D eigenvalue weighted by Gasteiger charge is -2.15. The Morgan fingerprint density at radius 1 is 1.20 bits per heavy atom. The fraction of sp³-hybridized carbons (Fsp3) is 0.214. The number of fused-ring (bicyclic) bond motifs is 1. The van der Waals surface area contributed by atoms with E-state index in [0.29, 0.717) is 11.5 Å². The summed E-state index contributed by atoms with van der Waals surface area (Å²) in [4.78, 5) is 15.4. The van der Waals surface area contributed by atoms with Crippen LogP contribution < -0.4 is 11.1 Å². The van der Waals surface area contributed by atoms with Crippen molar-refractivity contribution < 1.29 is 0 Å². The topological polar surface area (TPSA) is 92.5 Å². The van der Waals surface area contributed by atoms with E-state index in [0.717, 1.165) is 5.52 Å². The average molecular weight is 268 g/mol. The van der Waals surface area contributed by atoms with Crippen molar-refractivity contribution in [3.63, 3.8) is 0 Å². The number of nitrogens with two attached hydrogens (primary N) is 1. The molecule has 0 aliphatic rings. The van der Waals surface area contributed by atoms with Gasteiger partial charge in [-0.1, -0.05) is 29.8 Å². The standard InChI is InChI=1S/C14H16N6/c1-8-3-5-10(6-4-8)9(2)18-13-11-12(17-7-16-11)19-14(15)20-13/h3-7,9H,1-2H3,(H4,15,16,17,18,19,20). The number of nitrogens with zero attached hydrogens (tertiary/aromatic N) is 3. The minimum Gasteiger partial charge on any atom is -0.368 e. The number of hydrogen-bond acceptors (Lipinski definition) is 5. The molecule has 0 saturated heterocycles. The number of anilines is 2.